The maximum atomic E-state index is 11.9. The molecule has 0 aliphatic rings. The van der Waals surface area contributed by atoms with E-state index in [2.05, 4.69) is 32.1 Å². The fraction of sp³-hybridized carbons (Fsp3) is 0.211. The zero-order chi connectivity index (χ0) is 19.6. The normalized spacial score (nSPS) is 10.0. The molecular weight excluding hydrogens is 430 g/mol. The van der Waals surface area contributed by atoms with Crippen molar-refractivity contribution in [3.8, 4) is 5.75 Å². The Morgan fingerprint density at radius 3 is 2.52 bits per heavy atom. The molecule has 0 bridgehead atoms. The molecule has 2 aromatic rings. The highest BCUT2D eigenvalue weighted by atomic mass is 79.9. The number of hydrogen-bond acceptors (Lipinski definition) is 4. The number of hydrazine groups is 1. The van der Waals surface area contributed by atoms with Crippen molar-refractivity contribution in [1.82, 2.24) is 16.2 Å². The maximum absolute atomic E-state index is 11.9. The van der Waals surface area contributed by atoms with Crippen molar-refractivity contribution >= 4 is 45.1 Å². The quantitative estimate of drug-likeness (QED) is 0.466. The first-order chi connectivity index (χ1) is 12.9. The van der Waals surface area contributed by atoms with Gasteiger partial charge in [0.1, 0.15) is 5.75 Å². The smallest absolute Gasteiger partial charge is 0.264 e. The summed E-state index contributed by atoms with van der Waals surface area (Å²) < 4.78 is 6.40. The highest BCUT2D eigenvalue weighted by Gasteiger charge is 2.08. The van der Waals surface area contributed by atoms with Crippen molar-refractivity contribution in [2.45, 2.75) is 19.8 Å². The predicted octanol–water partition coefficient (Wildman–Crippen LogP) is 2.79. The standard InChI is InChI=1S/C19H20BrN3O3S/c1-13-11-15(20)8-9-16(13)26-12-18(25)21-19(27)23-22-17(24)10-7-14-5-3-2-4-6-14/h2-6,8-9,11H,7,10,12H2,1H3,(H,22,24)(H2,21,23,25,27). The van der Waals surface area contributed by atoms with Gasteiger partial charge < -0.3 is 4.74 Å². The Morgan fingerprint density at radius 2 is 1.81 bits per heavy atom. The van der Waals surface area contributed by atoms with E-state index < -0.39 is 5.91 Å². The van der Waals surface area contributed by atoms with Gasteiger partial charge in [0, 0.05) is 10.9 Å². The zero-order valence-electron chi connectivity index (χ0n) is 14.8. The summed E-state index contributed by atoms with van der Waals surface area (Å²) in [5.41, 5.74) is 6.94. The zero-order valence-corrected chi connectivity index (χ0v) is 17.2. The van der Waals surface area contributed by atoms with Crippen LogP contribution in [0.1, 0.15) is 17.5 Å². The Labute approximate surface area is 171 Å². The summed E-state index contributed by atoms with van der Waals surface area (Å²) in [6.45, 7) is 1.70. The van der Waals surface area contributed by atoms with Gasteiger partial charge in [-0.1, -0.05) is 46.3 Å². The number of benzene rings is 2. The number of nitrogens with one attached hydrogen (secondary N) is 3. The number of carbonyl (C=O) groups is 2. The van der Waals surface area contributed by atoms with Gasteiger partial charge in [-0.05, 0) is 54.9 Å². The Balaban J connectivity index is 1.65. The number of amides is 2. The molecule has 0 aliphatic heterocycles. The number of hydrogen-bond donors (Lipinski definition) is 3. The van der Waals surface area contributed by atoms with Crippen molar-refractivity contribution in [3.05, 3.63) is 64.1 Å². The third-order valence-corrected chi connectivity index (χ3v) is 4.25. The second-order valence-electron chi connectivity index (χ2n) is 5.73. The van der Waals surface area contributed by atoms with E-state index in [9.17, 15) is 9.59 Å². The average molecular weight is 450 g/mol. The van der Waals surface area contributed by atoms with Gasteiger partial charge in [-0.15, -0.1) is 0 Å². The molecule has 0 aromatic heterocycles. The van der Waals surface area contributed by atoms with Crippen LogP contribution in [0.2, 0.25) is 0 Å². The van der Waals surface area contributed by atoms with Crippen LogP contribution in [-0.4, -0.2) is 23.5 Å². The summed E-state index contributed by atoms with van der Waals surface area (Å²) in [4.78, 5) is 23.7. The van der Waals surface area contributed by atoms with Crippen LogP contribution in [-0.2, 0) is 16.0 Å². The molecule has 2 amide bonds. The lowest BCUT2D eigenvalue weighted by Gasteiger charge is -2.12. The summed E-state index contributed by atoms with van der Waals surface area (Å²) in [6, 6.07) is 15.2. The number of thiocarbonyl (C=S) groups is 1. The Bertz CT molecular complexity index is 815. The maximum Gasteiger partial charge on any atom is 0.264 e. The fourth-order valence-corrected chi connectivity index (χ4v) is 2.84. The number of rotatable bonds is 6. The Hall–Kier alpha value is -2.45. The van der Waals surface area contributed by atoms with Gasteiger partial charge in [0.25, 0.3) is 5.91 Å². The molecule has 0 aliphatic carbocycles. The van der Waals surface area contributed by atoms with Crippen LogP contribution >= 0.6 is 28.1 Å². The molecule has 0 saturated heterocycles. The molecule has 0 saturated carbocycles. The van der Waals surface area contributed by atoms with Gasteiger partial charge in [-0.25, -0.2) is 0 Å². The fourth-order valence-electron chi connectivity index (χ4n) is 2.20. The third kappa shape index (κ3) is 7.76. The van der Waals surface area contributed by atoms with Crippen LogP contribution in [0.25, 0.3) is 0 Å². The highest BCUT2D eigenvalue weighted by molar-refractivity contribution is 9.10. The molecule has 0 unspecified atom stereocenters. The molecule has 0 heterocycles. The Kier molecular flexibility index (Phi) is 8.22. The van der Waals surface area contributed by atoms with Crippen molar-refractivity contribution in [2.24, 2.45) is 0 Å². The minimum absolute atomic E-state index is 0.00388. The largest absolute Gasteiger partial charge is 0.483 e. The van der Waals surface area contributed by atoms with Crippen molar-refractivity contribution in [3.63, 3.8) is 0 Å². The summed E-state index contributed by atoms with van der Waals surface area (Å²) in [5.74, 6) is -0.0352. The van der Waals surface area contributed by atoms with E-state index in [1.807, 2.05) is 49.4 Å². The van der Waals surface area contributed by atoms with Crippen molar-refractivity contribution < 1.29 is 14.3 Å². The summed E-state index contributed by atoms with van der Waals surface area (Å²) >= 11 is 8.35. The van der Waals surface area contributed by atoms with E-state index in [-0.39, 0.29) is 17.6 Å². The van der Waals surface area contributed by atoms with Crippen LogP contribution in [0.5, 0.6) is 5.75 Å². The first-order valence-corrected chi connectivity index (χ1v) is 9.45. The van der Waals surface area contributed by atoms with Gasteiger partial charge >= 0.3 is 0 Å². The number of aryl methyl sites for hydroxylation is 2. The van der Waals surface area contributed by atoms with Crippen molar-refractivity contribution in [1.29, 1.82) is 0 Å². The molecular formula is C19H20BrN3O3S. The van der Waals surface area contributed by atoms with Gasteiger partial charge in [0.05, 0.1) is 0 Å². The average Bonchev–Trinajstić information content (AvgIpc) is 2.65. The van der Waals surface area contributed by atoms with E-state index in [4.69, 9.17) is 17.0 Å². The lowest BCUT2D eigenvalue weighted by molar-refractivity contribution is -0.123. The van der Waals surface area contributed by atoms with E-state index in [0.717, 1.165) is 15.6 Å². The van der Waals surface area contributed by atoms with Crippen LogP contribution in [0.15, 0.2) is 53.0 Å². The lowest BCUT2D eigenvalue weighted by Crippen LogP contribution is -2.49. The molecule has 3 N–H and O–H groups in total. The molecule has 2 rings (SSSR count). The SMILES string of the molecule is Cc1cc(Br)ccc1OCC(=O)NC(=S)NNC(=O)CCc1ccccc1. The molecule has 0 atom stereocenters. The number of ether oxygens (including phenoxy) is 1. The molecule has 6 nitrogen and oxygen atoms in total. The minimum Gasteiger partial charge on any atom is -0.483 e. The molecule has 0 fully saturated rings. The molecule has 0 spiro atoms. The predicted molar refractivity (Wildman–Crippen MR) is 111 cm³/mol. The molecule has 0 radical (unpaired) electrons. The van der Waals surface area contributed by atoms with E-state index >= 15 is 0 Å². The molecule has 8 heteroatoms. The van der Waals surface area contributed by atoms with Gasteiger partial charge in [0.15, 0.2) is 11.7 Å². The van der Waals surface area contributed by atoms with E-state index in [1.165, 1.54) is 0 Å². The number of halogens is 1. The monoisotopic (exact) mass is 449 g/mol. The minimum atomic E-state index is -0.423. The van der Waals surface area contributed by atoms with Crippen LogP contribution in [0, 0.1) is 6.92 Å². The number of carbonyl (C=O) groups excluding carboxylic acids is 2. The topological polar surface area (TPSA) is 79.5 Å². The van der Waals surface area contributed by atoms with Crippen LogP contribution in [0.4, 0.5) is 0 Å². The van der Waals surface area contributed by atoms with Crippen LogP contribution in [0.3, 0.4) is 0 Å². The van der Waals surface area contributed by atoms with Gasteiger partial charge in [-0.3, -0.25) is 25.8 Å². The van der Waals surface area contributed by atoms with Gasteiger partial charge in [-0.2, -0.15) is 0 Å². The molecule has 142 valence electrons. The highest BCUT2D eigenvalue weighted by Crippen LogP contribution is 2.21. The van der Waals surface area contributed by atoms with Crippen molar-refractivity contribution in [2.75, 3.05) is 6.61 Å². The summed E-state index contributed by atoms with van der Waals surface area (Å²) in [7, 11) is 0. The first kappa shape index (κ1) is 20.9. The van der Waals surface area contributed by atoms with E-state index in [0.29, 0.717) is 18.6 Å². The van der Waals surface area contributed by atoms with Crippen LogP contribution < -0.4 is 20.9 Å². The third-order valence-electron chi connectivity index (χ3n) is 3.55. The second-order valence-corrected chi connectivity index (χ2v) is 7.06. The Morgan fingerprint density at radius 1 is 1.07 bits per heavy atom. The lowest BCUT2D eigenvalue weighted by atomic mass is 10.1. The van der Waals surface area contributed by atoms with Gasteiger partial charge in [0.2, 0.25) is 5.91 Å². The summed E-state index contributed by atoms with van der Waals surface area (Å²) in [6.07, 6.45) is 0.924. The second kappa shape index (κ2) is 10.6. The molecule has 2 aromatic carbocycles. The summed E-state index contributed by atoms with van der Waals surface area (Å²) in [5, 5.41) is 2.45. The van der Waals surface area contributed by atoms with E-state index in [1.54, 1.807) is 6.07 Å². The molecule has 27 heavy (non-hydrogen) atoms. The first-order valence-electron chi connectivity index (χ1n) is 8.25.